The van der Waals surface area contributed by atoms with Gasteiger partial charge in [-0.2, -0.15) is 0 Å². The van der Waals surface area contributed by atoms with Crippen LogP contribution in [0.1, 0.15) is 43.1 Å². The van der Waals surface area contributed by atoms with Crippen LogP contribution in [0, 0.1) is 13.8 Å². The summed E-state index contributed by atoms with van der Waals surface area (Å²) in [5.41, 5.74) is 3.75. The van der Waals surface area contributed by atoms with E-state index >= 15 is 0 Å². The van der Waals surface area contributed by atoms with Gasteiger partial charge in [0, 0.05) is 35.1 Å². The maximum atomic E-state index is 9.11. The minimum atomic E-state index is -2.33. The number of para-hydroxylation sites is 1. The van der Waals surface area contributed by atoms with E-state index in [4.69, 9.17) is 11.3 Å². The van der Waals surface area contributed by atoms with Crippen molar-refractivity contribution in [2.45, 2.75) is 39.4 Å². The first kappa shape index (κ1) is 14.5. The zero-order valence-electron chi connectivity index (χ0n) is 22.7. The van der Waals surface area contributed by atoms with Crippen LogP contribution in [0.2, 0.25) is 0 Å². The normalized spacial score (nSPS) is 15.3. The molecule has 0 spiro atoms. The lowest BCUT2D eigenvalue weighted by molar-refractivity contribution is 0.522. The van der Waals surface area contributed by atoms with Crippen molar-refractivity contribution in [1.82, 2.24) is 9.97 Å². The van der Waals surface area contributed by atoms with Crippen molar-refractivity contribution >= 4 is 22.1 Å². The lowest BCUT2D eigenvalue weighted by Gasteiger charge is -2.26. The lowest BCUT2D eigenvalue weighted by atomic mass is 9.79. The maximum Gasteiger partial charge on any atom is 0.227 e. The van der Waals surface area contributed by atoms with Gasteiger partial charge in [0.2, 0.25) is 5.71 Å². The van der Waals surface area contributed by atoms with E-state index in [-0.39, 0.29) is 11.4 Å². The van der Waals surface area contributed by atoms with Crippen molar-refractivity contribution < 1.29 is 11.3 Å². The number of furan rings is 1. The number of nitrogens with zero attached hydrogens (tertiary/aromatic N) is 2. The molecule has 0 saturated carbocycles. The smallest absolute Gasteiger partial charge is 0.227 e. The van der Waals surface area contributed by atoms with Crippen molar-refractivity contribution in [1.29, 1.82) is 0 Å². The number of benzene rings is 2. The Kier molecular flexibility index (Phi) is 3.44. The van der Waals surface area contributed by atoms with Crippen LogP contribution >= 0.6 is 0 Å². The van der Waals surface area contributed by atoms with Crippen LogP contribution in [0.3, 0.4) is 0 Å². The van der Waals surface area contributed by atoms with Crippen LogP contribution in [-0.2, 0) is 11.8 Å². The molecule has 31 heavy (non-hydrogen) atoms. The summed E-state index contributed by atoms with van der Waals surface area (Å²) in [6.07, 6.45) is -0.0852. The molecule has 3 heteroatoms. The molecule has 0 aliphatic heterocycles. The fraction of sp³-hybridized carbons (Fsp3) is 0.214. The Hall–Kier alpha value is -3.46. The molecule has 0 aliphatic rings. The highest BCUT2D eigenvalue weighted by molar-refractivity contribution is 6.08. The van der Waals surface area contributed by atoms with E-state index in [1.165, 1.54) is 6.07 Å². The molecular weight excluding hydrogens is 380 g/mol. The highest BCUT2D eigenvalue weighted by Crippen LogP contribution is 2.35. The second kappa shape index (κ2) is 7.35. The van der Waals surface area contributed by atoms with Gasteiger partial charge in [0.1, 0.15) is 5.58 Å². The Morgan fingerprint density at radius 3 is 2.65 bits per heavy atom. The number of aryl methyl sites for hydroxylation is 2. The van der Waals surface area contributed by atoms with Gasteiger partial charge in [-0.25, -0.2) is 4.98 Å². The van der Waals surface area contributed by atoms with Gasteiger partial charge in [-0.3, -0.25) is 4.98 Å². The molecule has 3 nitrogen and oxygen atoms in total. The van der Waals surface area contributed by atoms with E-state index in [0.717, 1.165) is 16.5 Å². The first-order valence-corrected chi connectivity index (χ1v) is 10.3. The zero-order chi connectivity index (χ0) is 25.9. The number of hydrogen-bond donors (Lipinski definition) is 0. The van der Waals surface area contributed by atoms with Gasteiger partial charge in [0.25, 0.3) is 0 Å². The molecule has 2 aromatic carbocycles. The average Bonchev–Trinajstić information content (AvgIpc) is 3.22. The van der Waals surface area contributed by atoms with Crippen LogP contribution in [-0.4, -0.2) is 9.97 Å². The van der Waals surface area contributed by atoms with Crippen LogP contribution in [0.5, 0.6) is 0 Å². The van der Waals surface area contributed by atoms with Crippen LogP contribution in [0.4, 0.5) is 0 Å². The molecule has 0 atom stereocenters. The Morgan fingerprint density at radius 1 is 1.00 bits per heavy atom. The van der Waals surface area contributed by atoms with Gasteiger partial charge in [0.15, 0.2) is 0 Å². The Morgan fingerprint density at radius 2 is 1.84 bits per heavy atom. The largest absolute Gasteiger partial charge is 0.437 e. The minimum Gasteiger partial charge on any atom is -0.437 e. The van der Waals surface area contributed by atoms with E-state index in [9.17, 15) is 0 Å². The van der Waals surface area contributed by atoms with E-state index < -0.39 is 18.6 Å². The number of aromatic nitrogens is 2. The molecule has 0 amide bonds. The van der Waals surface area contributed by atoms with Crippen molar-refractivity contribution in [2.24, 2.45) is 0 Å². The third-order valence-corrected chi connectivity index (χ3v) is 5.63. The van der Waals surface area contributed by atoms with Gasteiger partial charge in [0.05, 0.1) is 5.69 Å². The Balaban J connectivity index is 1.62. The predicted molar refractivity (Wildman–Crippen MR) is 127 cm³/mol. The number of rotatable bonds is 4. The highest BCUT2D eigenvalue weighted by Gasteiger charge is 2.22. The molecule has 0 fully saturated rings. The summed E-state index contributed by atoms with van der Waals surface area (Å²) in [5.74, 6) is 0. The predicted octanol–water partition coefficient (Wildman–Crippen LogP) is 7.18. The van der Waals surface area contributed by atoms with Crippen molar-refractivity contribution in [3.63, 3.8) is 0 Å². The van der Waals surface area contributed by atoms with Crippen LogP contribution in [0.15, 0.2) is 77.3 Å². The molecule has 0 saturated heterocycles. The van der Waals surface area contributed by atoms with Gasteiger partial charge in [-0.05, 0) is 67.0 Å². The summed E-state index contributed by atoms with van der Waals surface area (Å²) in [6.45, 7) is 3.50. The molecule has 0 unspecified atom stereocenters. The molecule has 3 aromatic heterocycles. The quantitative estimate of drug-likeness (QED) is 0.314. The molecule has 0 N–H and O–H groups in total. The number of fused-ring (bicyclic) bond motifs is 3. The SMILES string of the molecule is [2H]C([2H])([2H])c1ccc2c(n1)oc1c(-c3cc(C([2H])([2H])C(C)(C)c4ccc(C)cc4)ccn3)cccc12. The highest BCUT2D eigenvalue weighted by atomic mass is 16.3. The molecular formula is C28H26N2O. The topological polar surface area (TPSA) is 38.9 Å². The Labute approximate surface area is 189 Å². The summed E-state index contributed by atoms with van der Waals surface area (Å²) in [5, 5.41) is 1.51. The monoisotopic (exact) mass is 411 g/mol. The minimum absolute atomic E-state index is 0.0257. The first-order chi connectivity index (χ1) is 16.9. The summed E-state index contributed by atoms with van der Waals surface area (Å²) in [6, 6.07) is 20.3. The van der Waals surface area contributed by atoms with Gasteiger partial charge in [-0.15, -0.1) is 0 Å². The zero-order valence-corrected chi connectivity index (χ0v) is 17.7. The summed E-state index contributed by atoms with van der Waals surface area (Å²) >= 11 is 0. The van der Waals surface area contributed by atoms with E-state index in [1.54, 1.807) is 24.4 Å². The molecule has 5 aromatic rings. The summed E-state index contributed by atoms with van der Waals surface area (Å²) in [4.78, 5) is 8.77. The van der Waals surface area contributed by atoms with Crippen molar-refractivity contribution in [2.75, 3.05) is 0 Å². The van der Waals surface area contributed by atoms with Crippen molar-refractivity contribution in [3.05, 3.63) is 95.3 Å². The van der Waals surface area contributed by atoms with Gasteiger partial charge < -0.3 is 4.42 Å². The fourth-order valence-electron chi connectivity index (χ4n) is 3.94. The third kappa shape index (κ3) is 3.61. The fourth-order valence-corrected chi connectivity index (χ4v) is 3.94. The summed E-state index contributed by atoms with van der Waals surface area (Å²) < 4.78 is 47.2. The van der Waals surface area contributed by atoms with Crippen molar-refractivity contribution in [3.8, 4) is 11.3 Å². The third-order valence-electron chi connectivity index (χ3n) is 5.63. The van der Waals surface area contributed by atoms with Crippen LogP contribution < -0.4 is 0 Å². The summed E-state index contributed by atoms with van der Waals surface area (Å²) in [7, 11) is 0. The molecule has 0 radical (unpaired) electrons. The number of hydrogen-bond acceptors (Lipinski definition) is 3. The standard InChI is InChI=1S/C28H26N2O/c1-18-8-11-21(12-9-18)28(3,4)17-20-14-15-29-25(16-20)24-7-5-6-22-23-13-10-19(2)30-27(23)31-26(22)24/h5-16H,17H2,1-4H3/i2D3,17D2. The lowest BCUT2D eigenvalue weighted by Crippen LogP contribution is -2.20. The van der Waals surface area contributed by atoms with E-state index in [2.05, 4.69) is 9.97 Å². The molecule has 3 heterocycles. The average molecular weight is 412 g/mol. The second-order valence-electron chi connectivity index (χ2n) is 8.38. The van der Waals surface area contributed by atoms with E-state index in [0.29, 0.717) is 27.8 Å². The molecule has 5 rings (SSSR count). The van der Waals surface area contributed by atoms with Gasteiger partial charge in [-0.1, -0.05) is 55.8 Å². The Bertz CT molecular complexity index is 1580. The number of pyridine rings is 2. The molecule has 0 aliphatic carbocycles. The maximum absolute atomic E-state index is 9.11. The van der Waals surface area contributed by atoms with Crippen LogP contribution in [0.25, 0.3) is 33.3 Å². The first-order valence-electron chi connectivity index (χ1n) is 12.8. The molecule has 0 bridgehead atoms. The second-order valence-corrected chi connectivity index (χ2v) is 8.38. The molecule has 154 valence electrons. The van der Waals surface area contributed by atoms with E-state index in [1.807, 2.05) is 63.2 Å². The van der Waals surface area contributed by atoms with Gasteiger partial charge >= 0.3 is 0 Å².